The maximum atomic E-state index is 13.2. The maximum Gasteiger partial charge on any atom is 0.220 e. The van der Waals surface area contributed by atoms with Crippen molar-refractivity contribution in [1.29, 1.82) is 0 Å². The Bertz CT molecular complexity index is 1850. The molecule has 0 aliphatic carbocycles. The number of allylic oxidation sites excluding steroid dienone is 17. The Labute approximate surface area is 574 Å². The minimum absolute atomic E-state index is 0.183. The van der Waals surface area contributed by atoms with Crippen molar-refractivity contribution in [3.8, 4) is 0 Å². The lowest BCUT2D eigenvalue weighted by atomic mass is 9.99. The van der Waals surface area contributed by atoms with E-state index in [4.69, 9.17) is 9.47 Å². The lowest BCUT2D eigenvalue weighted by Gasteiger charge is -2.40. The van der Waals surface area contributed by atoms with Gasteiger partial charge in [0, 0.05) is 6.42 Å². The molecular weight excluding hydrogens is 1150 g/mol. The predicted octanol–water partition coefficient (Wildman–Crippen LogP) is 22.8. The first-order valence-corrected chi connectivity index (χ1v) is 39.6. The summed E-state index contributed by atoms with van der Waals surface area (Å²) in [6.45, 7) is 3.69. The highest BCUT2D eigenvalue weighted by molar-refractivity contribution is 5.76. The molecule has 0 aromatic carbocycles. The Morgan fingerprint density at radius 1 is 0.376 bits per heavy atom. The summed E-state index contributed by atoms with van der Waals surface area (Å²) in [5, 5.41) is 54.9. The quantitative estimate of drug-likeness (QED) is 0.0261. The molecule has 1 fully saturated rings. The highest BCUT2D eigenvalue weighted by Gasteiger charge is 2.44. The van der Waals surface area contributed by atoms with Gasteiger partial charge in [0.2, 0.25) is 5.91 Å². The van der Waals surface area contributed by atoms with E-state index in [0.29, 0.717) is 6.42 Å². The number of carbonyl (C=O) groups excluding carboxylic acids is 1. The van der Waals surface area contributed by atoms with Crippen molar-refractivity contribution >= 4 is 5.91 Å². The van der Waals surface area contributed by atoms with E-state index in [0.717, 1.165) is 83.5 Å². The molecule has 9 heteroatoms. The Morgan fingerprint density at radius 3 is 1.03 bits per heavy atom. The van der Waals surface area contributed by atoms with Crippen molar-refractivity contribution in [2.75, 3.05) is 13.2 Å². The van der Waals surface area contributed by atoms with E-state index in [1.807, 2.05) is 6.08 Å². The van der Waals surface area contributed by atoms with Crippen LogP contribution in [-0.2, 0) is 14.3 Å². The topological polar surface area (TPSA) is 149 Å². The van der Waals surface area contributed by atoms with Gasteiger partial charge in [0.05, 0.1) is 25.4 Å². The first-order chi connectivity index (χ1) is 45.8. The average Bonchev–Trinajstić information content (AvgIpc) is 1.00. The molecule has 538 valence electrons. The van der Waals surface area contributed by atoms with Gasteiger partial charge in [-0.3, -0.25) is 4.79 Å². The lowest BCUT2D eigenvalue weighted by Crippen LogP contribution is -2.60. The minimum atomic E-state index is -1.58. The number of aliphatic hydroxyl groups is 5. The number of hydrogen-bond donors (Lipinski definition) is 6. The first-order valence-electron chi connectivity index (χ1n) is 39.6. The van der Waals surface area contributed by atoms with Crippen molar-refractivity contribution < 1.29 is 39.8 Å². The van der Waals surface area contributed by atoms with Crippen LogP contribution >= 0.6 is 0 Å². The molecule has 1 amide bonds. The highest BCUT2D eigenvalue weighted by atomic mass is 16.7. The average molecular weight is 1300 g/mol. The molecule has 1 heterocycles. The molecule has 0 aromatic heterocycles. The molecule has 7 unspecified atom stereocenters. The number of unbranched alkanes of at least 4 members (excludes halogenated alkanes) is 43. The van der Waals surface area contributed by atoms with Gasteiger partial charge >= 0.3 is 0 Å². The molecule has 6 N–H and O–H groups in total. The molecule has 0 aromatic rings. The monoisotopic (exact) mass is 1300 g/mol. The molecule has 9 nitrogen and oxygen atoms in total. The predicted molar refractivity (Wildman–Crippen MR) is 401 cm³/mol. The molecule has 1 aliphatic heterocycles. The van der Waals surface area contributed by atoms with Crippen molar-refractivity contribution in [3.05, 3.63) is 109 Å². The number of ether oxygens (including phenoxy) is 2. The SMILES string of the molecule is CC/C=C\C/C=C\C/C=C\C/C=C\C/C=C\C/C=C\C/C=C\CCCCCCCCCCCCCCCCCCCCCC(=O)NC(COC1OC(CO)C(O)C(O)C1O)C(O)/C=C/CC/C=C/CCCCCCCCCCCCCCCCCCCCCCCCC. The van der Waals surface area contributed by atoms with Gasteiger partial charge < -0.3 is 40.3 Å². The van der Waals surface area contributed by atoms with Gasteiger partial charge in [0.15, 0.2) is 6.29 Å². The van der Waals surface area contributed by atoms with Crippen LogP contribution in [0, 0.1) is 0 Å². The van der Waals surface area contributed by atoms with Crippen LogP contribution in [0.2, 0.25) is 0 Å². The summed E-state index contributed by atoms with van der Waals surface area (Å²) in [6.07, 6.45) is 99.5. The molecule has 0 bridgehead atoms. The Balaban J connectivity index is 2.09. The van der Waals surface area contributed by atoms with Crippen LogP contribution < -0.4 is 5.32 Å². The highest BCUT2D eigenvalue weighted by Crippen LogP contribution is 2.24. The second-order valence-corrected chi connectivity index (χ2v) is 27.1. The van der Waals surface area contributed by atoms with Crippen molar-refractivity contribution in [3.63, 3.8) is 0 Å². The fourth-order valence-electron chi connectivity index (χ4n) is 12.2. The second kappa shape index (κ2) is 71.6. The Morgan fingerprint density at radius 2 is 0.677 bits per heavy atom. The first kappa shape index (κ1) is 87.9. The molecule has 93 heavy (non-hydrogen) atoms. The van der Waals surface area contributed by atoms with Crippen LogP contribution in [0.1, 0.15) is 361 Å². The standard InChI is InChI=1S/C84H149NO8/c1-3-5-7-9-11-13-15-17-19-21-23-25-27-29-31-33-34-35-36-37-38-39-40-41-42-43-44-46-48-50-52-54-56-58-60-62-64-66-68-70-72-74-80(88)85-77(76-92-84-83(91)82(90)81(89)79(75-86)93-84)78(87)73-71-69-67-65-63-61-59-57-55-53-51-49-47-45-32-30-28-26-24-22-20-18-16-14-12-10-8-6-4-2/h5,7,11,13,17,19,23,25,29,31,34-35,37-38,63,65,71,73,77-79,81-84,86-87,89-91H,3-4,6,8-10,12,14-16,18,20-22,24,26-28,30,32-33,36,39-62,64,66-70,72,74-76H2,1-2H3,(H,85,88)/b7-5-,13-11-,19-17-,25-23-,31-29-,35-34-,38-37-,65-63+,73-71+. The van der Waals surface area contributed by atoms with E-state index in [2.05, 4.69) is 116 Å². The summed E-state index contributed by atoms with van der Waals surface area (Å²) in [5.41, 5.74) is 0. The van der Waals surface area contributed by atoms with Crippen LogP contribution in [0.15, 0.2) is 109 Å². The van der Waals surface area contributed by atoms with Gasteiger partial charge in [-0.2, -0.15) is 0 Å². The molecule has 0 spiro atoms. The van der Waals surface area contributed by atoms with Crippen molar-refractivity contribution in [1.82, 2.24) is 5.32 Å². The number of hydrogen-bond acceptors (Lipinski definition) is 8. The molecule has 1 aliphatic rings. The molecule has 7 atom stereocenters. The summed E-state index contributed by atoms with van der Waals surface area (Å²) < 4.78 is 11.3. The third-order valence-corrected chi connectivity index (χ3v) is 18.3. The minimum Gasteiger partial charge on any atom is -0.394 e. The molecule has 1 rings (SSSR count). The normalized spacial score (nSPS) is 18.2. The van der Waals surface area contributed by atoms with Crippen molar-refractivity contribution in [2.24, 2.45) is 0 Å². The zero-order chi connectivity index (χ0) is 67.1. The van der Waals surface area contributed by atoms with Gasteiger partial charge in [-0.05, 0) is 89.9 Å². The maximum absolute atomic E-state index is 13.2. The van der Waals surface area contributed by atoms with Crippen LogP contribution in [0.25, 0.3) is 0 Å². The third-order valence-electron chi connectivity index (χ3n) is 18.3. The molecule has 1 saturated heterocycles. The van der Waals surface area contributed by atoms with E-state index in [-0.39, 0.29) is 12.5 Å². The zero-order valence-corrected chi connectivity index (χ0v) is 60.5. The van der Waals surface area contributed by atoms with Gasteiger partial charge in [-0.1, -0.05) is 374 Å². The van der Waals surface area contributed by atoms with Gasteiger partial charge in [0.1, 0.15) is 24.4 Å². The summed E-state index contributed by atoms with van der Waals surface area (Å²) >= 11 is 0. The van der Waals surface area contributed by atoms with Crippen LogP contribution in [0.4, 0.5) is 0 Å². The summed E-state index contributed by atoms with van der Waals surface area (Å²) in [7, 11) is 0. The van der Waals surface area contributed by atoms with Crippen LogP contribution in [0.3, 0.4) is 0 Å². The third kappa shape index (κ3) is 59.8. The van der Waals surface area contributed by atoms with E-state index < -0.39 is 49.5 Å². The largest absolute Gasteiger partial charge is 0.394 e. The summed E-state index contributed by atoms with van der Waals surface area (Å²) in [6, 6.07) is -0.828. The Kier molecular flexibility index (Phi) is 67.7. The molecule has 0 saturated carbocycles. The lowest BCUT2D eigenvalue weighted by molar-refractivity contribution is -0.302. The van der Waals surface area contributed by atoms with Gasteiger partial charge in [0.25, 0.3) is 0 Å². The van der Waals surface area contributed by atoms with E-state index >= 15 is 0 Å². The number of amides is 1. The smallest absolute Gasteiger partial charge is 0.220 e. The van der Waals surface area contributed by atoms with Crippen molar-refractivity contribution in [2.45, 2.75) is 403 Å². The molecular formula is C84H149NO8. The number of rotatable bonds is 69. The van der Waals surface area contributed by atoms with E-state index in [9.17, 15) is 30.3 Å². The number of carbonyl (C=O) groups is 1. The fourth-order valence-corrected chi connectivity index (χ4v) is 12.2. The van der Waals surface area contributed by atoms with Gasteiger partial charge in [-0.15, -0.1) is 0 Å². The summed E-state index contributed by atoms with van der Waals surface area (Å²) in [5.74, 6) is -0.183. The number of aliphatic hydroxyl groups excluding tert-OH is 5. The van der Waals surface area contributed by atoms with Crippen LogP contribution in [-0.4, -0.2) is 87.5 Å². The van der Waals surface area contributed by atoms with Crippen LogP contribution in [0.5, 0.6) is 0 Å². The van der Waals surface area contributed by atoms with Gasteiger partial charge in [-0.25, -0.2) is 0 Å². The molecule has 0 radical (unpaired) electrons. The van der Waals surface area contributed by atoms with E-state index in [1.54, 1.807) is 6.08 Å². The second-order valence-electron chi connectivity index (χ2n) is 27.1. The zero-order valence-electron chi connectivity index (χ0n) is 60.5. The number of nitrogens with one attached hydrogen (secondary N) is 1. The Hall–Kier alpha value is -3.15. The fraction of sp³-hybridized carbons (Fsp3) is 0.774. The van der Waals surface area contributed by atoms with E-state index in [1.165, 1.54) is 257 Å². The summed E-state index contributed by atoms with van der Waals surface area (Å²) in [4.78, 5) is 13.2.